The number of nitrogens with zero attached hydrogens (tertiary/aromatic N) is 1. The second-order valence-corrected chi connectivity index (χ2v) is 4.23. The number of aromatic nitrogens is 1. The molecule has 1 rings (SSSR count). The minimum Gasteiger partial charge on any atom is -0.481 e. The van der Waals surface area contributed by atoms with Crippen LogP contribution in [0, 0.1) is 0 Å². The fraction of sp³-hybridized carbons (Fsp3) is 0.333. The van der Waals surface area contributed by atoms with Crippen LogP contribution in [-0.4, -0.2) is 26.0 Å². The Morgan fingerprint density at radius 2 is 2.29 bits per heavy atom. The number of rotatable bonds is 5. The SMILES string of the molecule is O=C(O)CCCS(=O)c1ccccn1. The van der Waals surface area contributed by atoms with E-state index in [4.69, 9.17) is 5.11 Å². The minimum atomic E-state index is -1.17. The first kappa shape index (κ1) is 10.8. The first-order valence-corrected chi connectivity index (χ1v) is 5.53. The van der Waals surface area contributed by atoms with Crippen molar-refractivity contribution >= 4 is 16.8 Å². The van der Waals surface area contributed by atoms with Gasteiger partial charge in [0, 0.05) is 18.4 Å². The number of carboxylic acid groups (broad SMARTS) is 1. The van der Waals surface area contributed by atoms with E-state index in [0.29, 0.717) is 17.2 Å². The van der Waals surface area contributed by atoms with Crippen molar-refractivity contribution in [1.29, 1.82) is 0 Å². The first-order valence-electron chi connectivity index (χ1n) is 4.21. The standard InChI is InChI=1S/C9H11NO3S/c11-9(12)5-3-7-14(13)8-4-1-2-6-10-8/h1-2,4,6H,3,5,7H2,(H,11,12). The van der Waals surface area contributed by atoms with Crippen LogP contribution in [0.1, 0.15) is 12.8 Å². The van der Waals surface area contributed by atoms with Crippen LogP contribution in [0.25, 0.3) is 0 Å². The lowest BCUT2D eigenvalue weighted by molar-refractivity contribution is -0.137. The fourth-order valence-electron chi connectivity index (χ4n) is 0.941. The molecule has 1 aromatic rings. The lowest BCUT2D eigenvalue weighted by Gasteiger charge is -1.98. The highest BCUT2D eigenvalue weighted by atomic mass is 32.2. The third kappa shape index (κ3) is 3.66. The second kappa shape index (κ2) is 5.49. The van der Waals surface area contributed by atoms with Gasteiger partial charge < -0.3 is 5.11 Å². The summed E-state index contributed by atoms with van der Waals surface area (Å²) in [5.74, 6) is -0.508. The second-order valence-electron chi connectivity index (χ2n) is 2.71. The summed E-state index contributed by atoms with van der Waals surface area (Å²) < 4.78 is 11.5. The maximum atomic E-state index is 11.5. The lowest BCUT2D eigenvalue weighted by Crippen LogP contribution is -2.03. The van der Waals surface area contributed by atoms with Gasteiger partial charge in [0.1, 0.15) is 5.03 Å². The van der Waals surface area contributed by atoms with Crippen LogP contribution in [0.4, 0.5) is 0 Å². The molecule has 0 aromatic carbocycles. The molecule has 76 valence electrons. The first-order chi connectivity index (χ1) is 6.70. The van der Waals surface area contributed by atoms with E-state index < -0.39 is 16.8 Å². The molecule has 0 aliphatic carbocycles. The molecular formula is C9H11NO3S. The van der Waals surface area contributed by atoms with Gasteiger partial charge in [0.25, 0.3) is 0 Å². The Balaban J connectivity index is 2.40. The molecule has 4 nitrogen and oxygen atoms in total. The van der Waals surface area contributed by atoms with Crippen molar-refractivity contribution in [3.8, 4) is 0 Å². The molecule has 0 saturated carbocycles. The molecule has 0 bridgehead atoms. The molecule has 1 heterocycles. The lowest BCUT2D eigenvalue weighted by atomic mass is 10.3. The molecule has 0 aliphatic heterocycles. The zero-order valence-corrected chi connectivity index (χ0v) is 8.37. The van der Waals surface area contributed by atoms with Crippen molar-refractivity contribution in [3.63, 3.8) is 0 Å². The molecule has 0 fully saturated rings. The zero-order valence-electron chi connectivity index (χ0n) is 7.55. The minimum absolute atomic E-state index is 0.0541. The molecule has 5 heteroatoms. The van der Waals surface area contributed by atoms with Crippen molar-refractivity contribution in [3.05, 3.63) is 24.4 Å². The van der Waals surface area contributed by atoms with Crippen LogP contribution in [0.15, 0.2) is 29.4 Å². The Kier molecular flexibility index (Phi) is 4.25. The zero-order chi connectivity index (χ0) is 10.4. The molecule has 1 N–H and O–H groups in total. The van der Waals surface area contributed by atoms with Gasteiger partial charge >= 0.3 is 5.97 Å². The van der Waals surface area contributed by atoms with Crippen LogP contribution in [-0.2, 0) is 15.6 Å². The normalized spacial score (nSPS) is 12.3. The summed E-state index contributed by atoms with van der Waals surface area (Å²) in [6.07, 6.45) is 2.04. The Labute approximate surface area is 84.4 Å². The largest absolute Gasteiger partial charge is 0.481 e. The van der Waals surface area contributed by atoms with Gasteiger partial charge in [-0.25, -0.2) is 4.98 Å². The van der Waals surface area contributed by atoms with Crippen molar-refractivity contribution < 1.29 is 14.1 Å². The average Bonchev–Trinajstić information content (AvgIpc) is 2.18. The fourth-order valence-corrected chi connectivity index (χ4v) is 1.97. The van der Waals surface area contributed by atoms with Gasteiger partial charge in [-0.2, -0.15) is 0 Å². The highest BCUT2D eigenvalue weighted by Gasteiger charge is 2.05. The number of carboxylic acids is 1. The predicted molar refractivity (Wildman–Crippen MR) is 52.4 cm³/mol. The van der Waals surface area contributed by atoms with Crippen molar-refractivity contribution in [2.75, 3.05) is 5.75 Å². The van der Waals surface area contributed by atoms with Crippen molar-refractivity contribution in [2.24, 2.45) is 0 Å². The van der Waals surface area contributed by atoms with Gasteiger partial charge in [0.2, 0.25) is 0 Å². The van der Waals surface area contributed by atoms with E-state index in [2.05, 4.69) is 4.98 Å². The number of hydrogen-bond donors (Lipinski definition) is 1. The van der Waals surface area contributed by atoms with Crippen molar-refractivity contribution in [1.82, 2.24) is 4.98 Å². The van der Waals surface area contributed by atoms with E-state index in [9.17, 15) is 9.00 Å². The van der Waals surface area contributed by atoms with Gasteiger partial charge in [-0.05, 0) is 18.6 Å². The third-order valence-electron chi connectivity index (χ3n) is 1.59. The smallest absolute Gasteiger partial charge is 0.303 e. The number of carbonyl (C=O) groups is 1. The number of aliphatic carboxylic acids is 1. The maximum absolute atomic E-state index is 11.5. The maximum Gasteiger partial charge on any atom is 0.303 e. The van der Waals surface area contributed by atoms with Gasteiger partial charge in [-0.3, -0.25) is 9.00 Å². The molecule has 0 amide bonds. The summed E-state index contributed by atoms with van der Waals surface area (Å²) >= 11 is 0. The van der Waals surface area contributed by atoms with Gasteiger partial charge in [-0.1, -0.05) is 6.07 Å². The number of pyridine rings is 1. The summed E-state index contributed by atoms with van der Waals surface area (Å²) in [5, 5.41) is 8.89. The molecule has 0 spiro atoms. The Hall–Kier alpha value is -1.23. The topological polar surface area (TPSA) is 67.3 Å². The van der Waals surface area contributed by atoms with Crippen LogP contribution >= 0.6 is 0 Å². The predicted octanol–water partition coefficient (Wildman–Crippen LogP) is 1.05. The van der Waals surface area contributed by atoms with E-state index >= 15 is 0 Å². The van der Waals surface area contributed by atoms with Crippen molar-refractivity contribution in [2.45, 2.75) is 17.9 Å². The molecule has 1 unspecified atom stereocenters. The van der Waals surface area contributed by atoms with Gasteiger partial charge in [0.05, 0.1) is 10.8 Å². The highest BCUT2D eigenvalue weighted by molar-refractivity contribution is 7.84. The summed E-state index contributed by atoms with van der Waals surface area (Å²) in [7, 11) is -1.17. The molecule has 0 radical (unpaired) electrons. The van der Waals surface area contributed by atoms with E-state index in [0.717, 1.165) is 0 Å². The van der Waals surface area contributed by atoms with Gasteiger partial charge in [0.15, 0.2) is 0 Å². The highest BCUT2D eigenvalue weighted by Crippen LogP contribution is 2.03. The average molecular weight is 213 g/mol. The number of hydrogen-bond acceptors (Lipinski definition) is 3. The Morgan fingerprint density at radius 1 is 1.50 bits per heavy atom. The van der Waals surface area contributed by atoms with Crippen LogP contribution in [0.5, 0.6) is 0 Å². The van der Waals surface area contributed by atoms with Crippen LogP contribution in [0.3, 0.4) is 0 Å². The Morgan fingerprint density at radius 3 is 2.86 bits per heavy atom. The molecular weight excluding hydrogens is 202 g/mol. The molecule has 14 heavy (non-hydrogen) atoms. The molecule has 1 atom stereocenters. The van der Waals surface area contributed by atoms with E-state index in [1.165, 1.54) is 0 Å². The summed E-state index contributed by atoms with van der Waals surface area (Å²) in [6, 6.07) is 5.19. The van der Waals surface area contributed by atoms with Gasteiger partial charge in [-0.15, -0.1) is 0 Å². The molecule has 0 aliphatic rings. The summed E-state index contributed by atoms with van der Waals surface area (Å²) in [6.45, 7) is 0. The molecule has 0 saturated heterocycles. The van der Waals surface area contributed by atoms with Crippen LogP contribution < -0.4 is 0 Å². The van der Waals surface area contributed by atoms with E-state index in [-0.39, 0.29) is 6.42 Å². The summed E-state index contributed by atoms with van der Waals surface area (Å²) in [4.78, 5) is 14.1. The monoisotopic (exact) mass is 213 g/mol. The third-order valence-corrected chi connectivity index (χ3v) is 2.96. The molecule has 1 aromatic heterocycles. The quantitative estimate of drug-likeness (QED) is 0.794. The van der Waals surface area contributed by atoms with E-state index in [1.807, 2.05) is 0 Å². The van der Waals surface area contributed by atoms with Crippen LogP contribution in [0.2, 0.25) is 0 Å². The Bertz CT molecular complexity index is 326. The van der Waals surface area contributed by atoms with E-state index in [1.54, 1.807) is 24.4 Å². The summed E-state index contributed by atoms with van der Waals surface area (Å²) in [5.41, 5.74) is 0.